The molecule has 3 heteroatoms. The van der Waals surface area contributed by atoms with E-state index in [2.05, 4.69) is 36.6 Å². The van der Waals surface area contributed by atoms with Gasteiger partial charge in [0.1, 0.15) is 11.6 Å². The van der Waals surface area contributed by atoms with Crippen LogP contribution in [0.3, 0.4) is 0 Å². The van der Waals surface area contributed by atoms with Crippen LogP contribution in [0.25, 0.3) is 17.2 Å². The Hall–Kier alpha value is -2.13. The van der Waals surface area contributed by atoms with Crippen LogP contribution >= 0.6 is 11.8 Å². The van der Waals surface area contributed by atoms with Crippen molar-refractivity contribution in [3.8, 4) is 0 Å². The van der Waals surface area contributed by atoms with Crippen LogP contribution in [0.1, 0.15) is 64.7 Å². The fourth-order valence-electron chi connectivity index (χ4n) is 3.10. The molecule has 2 aromatic carbocycles. The van der Waals surface area contributed by atoms with Crippen LogP contribution in [0, 0.1) is 5.82 Å². The van der Waals surface area contributed by atoms with Crippen LogP contribution in [-0.4, -0.2) is 12.0 Å². The summed E-state index contributed by atoms with van der Waals surface area (Å²) in [5.74, 6) is -0.182. The van der Waals surface area contributed by atoms with Crippen LogP contribution in [0.4, 0.5) is 4.39 Å². The summed E-state index contributed by atoms with van der Waals surface area (Å²) in [6, 6.07) is 13.2. The third kappa shape index (κ3) is 5.68. The minimum atomic E-state index is -0.270. The molecule has 2 aromatic rings. The molecule has 0 spiro atoms. The number of benzene rings is 2. The van der Waals surface area contributed by atoms with Gasteiger partial charge in [-0.1, -0.05) is 45.9 Å². The first kappa shape index (κ1) is 23.9. The number of hydrogen-bond acceptors (Lipinski definition) is 2. The zero-order chi connectivity index (χ0) is 21.3. The molecule has 28 heavy (non-hydrogen) atoms. The number of halogens is 1. The van der Waals surface area contributed by atoms with E-state index in [9.17, 15) is 9.18 Å². The number of hydrogen-bond donors (Lipinski definition) is 0. The number of ketones is 1. The van der Waals surface area contributed by atoms with Gasteiger partial charge >= 0.3 is 0 Å². The molecule has 0 radical (unpaired) electrons. The Kier molecular flexibility index (Phi) is 9.95. The monoisotopic (exact) mass is 398 g/mol. The lowest BCUT2D eigenvalue weighted by molar-refractivity contribution is -0.116. The number of carbonyl (C=O) groups excluding carboxylic acids is 1. The summed E-state index contributed by atoms with van der Waals surface area (Å²) in [4.78, 5) is 12.8. The molecule has 1 aliphatic carbocycles. The van der Waals surface area contributed by atoms with E-state index in [1.165, 1.54) is 17.0 Å². The Bertz CT molecular complexity index is 861. The molecule has 1 aliphatic rings. The molecule has 3 rings (SSSR count). The third-order valence-electron chi connectivity index (χ3n) is 4.31. The van der Waals surface area contributed by atoms with Crippen molar-refractivity contribution < 1.29 is 9.18 Å². The fraction of sp³-hybridized carbons (Fsp3) is 0.320. The molecule has 0 heterocycles. The second-order valence-corrected chi connectivity index (χ2v) is 6.88. The maximum Gasteiger partial charge on any atom is 0.134 e. The van der Waals surface area contributed by atoms with Gasteiger partial charge in [-0.3, -0.25) is 4.79 Å². The predicted octanol–water partition coefficient (Wildman–Crippen LogP) is 7.91. The molecule has 0 N–H and O–H groups in total. The maximum absolute atomic E-state index is 13.7. The Morgan fingerprint density at radius 3 is 2.14 bits per heavy atom. The van der Waals surface area contributed by atoms with Gasteiger partial charge in [0.25, 0.3) is 0 Å². The second kappa shape index (κ2) is 11.7. The minimum Gasteiger partial charge on any atom is -0.300 e. The van der Waals surface area contributed by atoms with Crippen molar-refractivity contribution in [3.05, 3.63) is 70.5 Å². The van der Waals surface area contributed by atoms with E-state index in [0.29, 0.717) is 6.42 Å². The molecule has 0 atom stereocenters. The lowest BCUT2D eigenvalue weighted by atomic mass is 10.0. The first-order chi connectivity index (χ1) is 13.5. The highest BCUT2D eigenvalue weighted by atomic mass is 32.2. The van der Waals surface area contributed by atoms with Crippen molar-refractivity contribution in [1.82, 2.24) is 0 Å². The number of rotatable bonds is 4. The van der Waals surface area contributed by atoms with Gasteiger partial charge < -0.3 is 0 Å². The minimum absolute atomic E-state index is 0.0881. The summed E-state index contributed by atoms with van der Waals surface area (Å²) < 4.78 is 13.7. The van der Waals surface area contributed by atoms with Gasteiger partial charge in [-0.05, 0) is 83.9 Å². The number of carbonyl (C=O) groups is 1. The number of Topliss-reactive ketones (excluding diaryl/α,β-unsaturated/α-hetero) is 1. The molecule has 0 bridgehead atoms. The summed E-state index contributed by atoms with van der Waals surface area (Å²) in [6.07, 6.45) is 4.50. The van der Waals surface area contributed by atoms with Crippen molar-refractivity contribution in [2.45, 2.75) is 52.9 Å². The van der Waals surface area contributed by atoms with Crippen LogP contribution in [0.2, 0.25) is 0 Å². The maximum atomic E-state index is 13.7. The molecule has 1 nitrogen and oxygen atoms in total. The molecule has 150 valence electrons. The zero-order valence-electron chi connectivity index (χ0n) is 18.0. The van der Waals surface area contributed by atoms with Gasteiger partial charge in [0.05, 0.1) is 0 Å². The first-order valence-corrected chi connectivity index (χ1v) is 11.1. The van der Waals surface area contributed by atoms with Crippen LogP contribution in [-0.2, 0) is 4.79 Å². The molecule has 0 saturated carbocycles. The molecule has 0 aliphatic heterocycles. The van der Waals surface area contributed by atoms with Gasteiger partial charge in [-0.2, -0.15) is 0 Å². The van der Waals surface area contributed by atoms with Gasteiger partial charge in [0, 0.05) is 11.3 Å². The Labute approximate surface area is 173 Å². The molecule has 0 unspecified atom stereocenters. The number of allylic oxidation sites excluding steroid dienone is 3. The summed E-state index contributed by atoms with van der Waals surface area (Å²) in [5, 5.41) is 0. The fourth-order valence-corrected chi connectivity index (χ4v) is 3.51. The Morgan fingerprint density at radius 1 is 1.00 bits per heavy atom. The van der Waals surface area contributed by atoms with Gasteiger partial charge in [0.2, 0.25) is 0 Å². The van der Waals surface area contributed by atoms with E-state index in [-0.39, 0.29) is 11.6 Å². The second-order valence-electron chi connectivity index (χ2n) is 6.00. The summed E-state index contributed by atoms with van der Waals surface area (Å²) >= 11 is 1.71. The van der Waals surface area contributed by atoms with Crippen molar-refractivity contribution in [2.24, 2.45) is 0 Å². The molecule has 0 amide bonds. The molecule has 0 aromatic heterocycles. The SMILES string of the molecule is CC.CC.CSc1ccc(/C=C2/C(C)=C(CC(C)=O)c3cc(F)ccc32)cc1. The molecule has 0 saturated heterocycles. The number of fused-ring (bicyclic) bond motifs is 1. The largest absolute Gasteiger partial charge is 0.300 e. The van der Waals surface area contributed by atoms with Crippen LogP contribution in [0.15, 0.2) is 52.9 Å². The summed E-state index contributed by atoms with van der Waals surface area (Å²) in [5.41, 5.74) is 6.00. The molecular weight excluding hydrogens is 367 g/mol. The van der Waals surface area contributed by atoms with Crippen molar-refractivity contribution in [1.29, 1.82) is 0 Å². The Morgan fingerprint density at radius 2 is 1.61 bits per heavy atom. The highest BCUT2D eigenvalue weighted by molar-refractivity contribution is 7.98. The van der Waals surface area contributed by atoms with Crippen molar-refractivity contribution in [2.75, 3.05) is 6.26 Å². The van der Waals surface area contributed by atoms with Gasteiger partial charge in [-0.25, -0.2) is 4.39 Å². The molecule has 0 fully saturated rings. The highest BCUT2D eigenvalue weighted by Gasteiger charge is 2.24. The summed E-state index contributed by atoms with van der Waals surface area (Å²) in [6.45, 7) is 11.6. The van der Waals surface area contributed by atoms with Crippen LogP contribution in [0.5, 0.6) is 0 Å². The standard InChI is InChI=1S/C21H19FOS.2C2H6/c1-13(23)10-19-14(2)20(18-9-6-16(22)12-21(18)19)11-15-4-7-17(24-3)8-5-15;2*1-2/h4-9,11-12H,10H2,1-3H3;2*1-2H3/b20-11-;;. The van der Waals surface area contributed by atoms with E-state index in [1.54, 1.807) is 18.7 Å². The topological polar surface area (TPSA) is 17.1 Å². The number of thioether (sulfide) groups is 1. The normalized spacial score (nSPS) is 13.4. The smallest absolute Gasteiger partial charge is 0.134 e. The third-order valence-corrected chi connectivity index (χ3v) is 5.05. The van der Waals surface area contributed by atoms with Gasteiger partial charge in [0.15, 0.2) is 0 Å². The Balaban J connectivity index is 0.000000921. The quantitative estimate of drug-likeness (QED) is 0.487. The highest BCUT2D eigenvalue weighted by Crippen LogP contribution is 2.43. The molecular formula is C25H31FOS. The lowest BCUT2D eigenvalue weighted by Gasteiger charge is -2.05. The van der Waals surface area contributed by atoms with Crippen molar-refractivity contribution in [3.63, 3.8) is 0 Å². The van der Waals surface area contributed by atoms with E-state index in [4.69, 9.17) is 0 Å². The van der Waals surface area contributed by atoms with E-state index < -0.39 is 0 Å². The average Bonchev–Trinajstić information content (AvgIpc) is 2.96. The average molecular weight is 399 g/mol. The lowest BCUT2D eigenvalue weighted by Crippen LogP contribution is -1.93. The zero-order valence-corrected chi connectivity index (χ0v) is 18.8. The summed E-state index contributed by atoms with van der Waals surface area (Å²) in [7, 11) is 0. The van der Waals surface area contributed by atoms with Crippen molar-refractivity contribution >= 4 is 34.8 Å². The first-order valence-electron chi connectivity index (χ1n) is 9.85. The van der Waals surface area contributed by atoms with E-state index in [0.717, 1.165) is 33.4 Å². The predicted molar refractivity (Wildman–Crippen MR) is 123 cm³/mol. The van der Waals surface area contributed by atoms with E-state index >= 15 is 0 Å². The van der Waals surface area contributed by atoms with Gasteiger partial charge in [-0.15, -0.1) is 11.8 Å². The van der Waals surface area contributed by atoms with E-state index in [1.807, 2.05) is 40.7 Å². The van der Waals surface area contributed by atoms with Crippen LogP contribution < -0.4 is 0 Å².